The Bertz CT molecular complexity index is 966. The number of benzene rings is 2. The van der Waals surface area contributed by atoms with Crippen molar-refractivity contribution >= 4 is 23.6 Å². The molecule has 0 bridgehead atoms. The van der Waals surface area contributed by atoms with Crippen molar-refractivity contribution in [3.05, 3.63) is 65.2 Å². The molecule has 1 fully saturated rings. The van der Waals surface area contributed by atoms with Gasteiger partial charge in [-0.1, -0.05) is 18.6 Å². The van der Waals surface area contributed by atoms with Crippen molar-refractivity contribution < 1.29 is 19.1 Å². The van der Waals surface area contributed by atoms with Crippen LogP contribution < -0.4 is 10.1 Å². The average molecular weight is 418 g/mol. The molecule has 31 heavy (non-hydrogen) atoms. The van der Waals surface area contributed by atoms with Gasteiger partial charge in [0.1, 0.15) is 23.5 Å². The fraction of sp³-hybridized carbons (Fsp3) is 0.320. The highest BCUT2D eigenvalue weighted by Gasteiger charge is 2.19. The van der Waals surface area contributed by atoms with Crippen LogP contribution in [-0.4, -0.2) is 24.6 Å². The van der Waals surface area contributed by atoms with E-state index in [1.807, 2.05) is 13.0 Å². The second-order valence-electron chi connectivity index (χ2n) is 7.37. The number of nitrogens with zero attached hydrogens (tertiary/aromatic N) is 1. The molecule has 0 aromatic heterocycles. The smallest absolute Gasteiger partial charge is 0.338 e. The summed E-state index contributed by atoms with van der Waals surface area (Å²) in [5.41, 5.74) is 1.63. The van der Waals surface area contributed by atoms with Crippen LogP contribution >= 0.6 is 0 Å². The third-order valence-corrected chi connectivity index (χ3v) is 5.07. The molecule has 3 rings (SSSR count). The average Bonchev–Trinajstić information content (AvgIpc) is 2.80. The predicted octanol–water partition coefficient (Wildman–Crippen LogP) is 5.12. The monoisotopic (exact) mass is 418 g/mol. The molecule has 0 radical (unpaired) electrons. The number of hydrogen-bond donors (Lipinski definition) is 1. The molecule has 0 atom stereocenters. The molecule has 0 spiro atoms. The third kappa shape index (κ3) is 6.45. The lowest BCUT2D eigenvalue weighted by atomic mass is 9.98. The Balaban J connectivity index is 1.60. The molecule has 6 nitrogen and oxygen atoms in total. The molecule has 1 aliphatic rings. The molecule has 1 amide bonds. The molecule has 0 heterocycles. The fourth-order valence-electron chi connectivity index (χ4n) is 3.43. The van der Waals surface area contributed by atoms with Gasteiger partial charge in [-0.2, -0.15) is 5.26 Å². The number of nitriles is 1. The summed E-state index contributed by atoms with van der Waals surface area (Å²) in [5, 5.41) is 12.1. The first-order chi connectivity index (χ1) is 15.1. The van der Waals surface area contributed by atoms with Gasteiger partial charge in [0.15, 0.2) is 0 Å². The van der Waals surface area contributed by atoms with Crippen LogP contribution in [0.5, 0.6) is 5.75 Å². The standard InChI is InChI=1S/C25H26N2O4/c1-2-30-22-14-8-18(9-15-22)16-20(17-26)24(28)27-21-12-10-19(11-13-21)25(29)31-23-6-4-3-5-7-23/h8-16,23H,2-7H2,1H3,(H,27,28)/b20-16+. The first-order valence-corrected chi connectivity index (χ1v) is 10.6. The Kier molecular flexibility index (Phi) is 7.83. The number of carbonyl (C=O) groups excluding carboxylic acids is 2. The Morgan fingerprint density at radius 3 is 2.35 bits per heavy atom. The van der Waals surface area contributed by atoms with Crippen molar-refractivity contribution in [2.75, 3.05) is 11.9 Å². The molecule has 0 saturated heterocycles. The molecule has 0 aliphatic heterocycles. The van der Waals surface area contributed by atoms with Crippen LogP contribution in [0.1, 0.15) is 54.9 Å². The Morgan fingerprint density at radius 2 is 1.74 bits per heavy atom. The highest BCUT2D eigenvalue weighted by atomic mass is 16.5. The summed E-state index contributed by atoms with van der Waals surface area (Å²) in [4.78, 5) is 24.8. The van der Waals surface area contributed by atoms with Crippen LogP contribution in [0.15, 0.2) is 54.1 Å². The van der Waals surface area contributed by atoms with Crippen molar-refractivity contribution in [2.24, 2.45) is 0 Å². The summed E-state index contributed by atoms with van der Waals surface area (Å²) >= 11 is 0. The van der Waals surface area contributed by atoms with E-state index >= 15 is 0 Å². The molecular formula is C25H26N2O4. The van der Waals surface area contributed by atoms with E-state index in [9.17, 15) is 14.9 Å². The first kappa shape index (κ1) is 22.1. The lowest BCUT2D eigenvalue weighted by molar-refractivity contribution is -0.112. The molecule has 6 heteroatoms. The van der Waals surface area contributed by atoms with Gasteiger partial charge >= 0.3 is 5.97 Å². The number of ether oxygens (including phenoxy) is 2. The zero-order valence-corrected chi connectivity index (χ0v) is 17.6. The van der Waals surface area contributed by atoms with Crippen LogP contribution in [0.25, 0.3) is 6.08 Å². The fourth-order valence-corrected chi connectivity index (χ4v) is 3.43. The lowest BCUT2D eigenvalue weighted by Crippen LogP contribution is -2.21. The van der Waals surface area contributed by atoms with Crippen molar-refractivity contribution in [2.45, 2.75) is 45.1 Å². The van der Waals surface area contributed by atoms with E-state index in [2.05, 4.69) is 5.32 Å². The van der Waals surface area contributed by atoms with Crippen molar-refractivity contribution in [3.63, 3.8) is 0 Å². The van der Waals surface area contributed by atoms with Crippen LogP contribution in [0.2, 0.25) is 0 Å². The lowest BCUT2D eigenvalue weighted by Gasteiger charge is -2.21. The maximum absolute atomic E-state index is 12.5. The molecule has 160 valence electrons. The van der Waals surface area contributed by atoms with Crippen LogP contribution in [0.3, 0.4) is 0 Å². The summed E-state index contributed by atoms with van der Waals surface area (Å²) in [6.07, 6.45) is 6.71. The number of carbonyl (C=O) groups is 2. The normalized spacial score (nSPS) is 14.4. The van der Waals surface area contributed by atoms with E-state index < -0.39 is 5.91 Å². The van der Waals surface area contributed by atoms with E-state index in [0.29, 0.717) is 17.9 Å². The maximum atomic E-state index is 12.5. The highest BCUT2D eigenvalue weighted by molar-refractivity contribution is 6.09. The van der Waals surface area contributed by atoms with Gasteiger partial charge in [-0.05, 0) is 80.6 Å². The van der Waals surface area contributed by atoms with E-state index in [4.69, 9.17) is 9.47 Å². The van der Waals surface area contributed by atoms with Crippen LogP contribution in [0.4, 0.5) is 5.69 Å². The minimum atomic E-state index is -0.520. The summed E-state index contributed by atoms with van der Waals surface area (Å²) in [6.45, 7) is 2.47. The maximum Gasteiger partial charge on any atom is 0.338 e. The summed E-state index contributed by atoms with van der Waals surface area (Å²) < 4.78 is 10.9. The Labute approximate surface area is 182 Å². The number of nitrogens with one attached hydrogen (secondary N) is 1. The van der Waals surface area contributed by atoms with Gasteiger partial charge in [0.05, 0.1) is 12.2 Å². The number of amides is 1. The van der Waals surface area contributed by atoms with Crippen molar-refractivity contribution in [1.82, 2.24) is 0 Å². The van der Waals surface area contributed by atoms with Gasteiger partial charge in [-0.3, -0.25) is 4.79 Å². The second-order valence-corrected chi connectivity index (χ2v) is 7.37. The number of rotatable bonds is 7. The summed E-state index contributed by atoms with van der Waals surface area (Å²) in [5.74, 6) is -0.142. The molecule has 1 saturated carbocycles. The molecule has 1 N–H and O–H groups in total. The highest BCUT2D eigenvalue weighted by Crippen LogP contribution is 2.22. The van der Waals surface area contributed by atoms with E-state index in [-0.39, 0.29) is 17.6 Å². The van der Waals surface area contributed by atoms with Gasteiger partial charge in [0, 0.05) is 5.69 Å². The zero-order chi connectivity index (χ0) is 22.1. The van der Waals surface area contributed by atoms with Gasteiger partial charge < -0.3 is 14.8 Å². The zero-order valence-electron chi connectivity index (χ0n) is 17.6. The molecule has 2 aromatic carbocycles. The topological polar surface area (TPSA) is 88.4 Å². The van der Waals surface area contributed by atoms with Crippen LogP contribution in [-0.2, 0) is 9.53 Å². The Hall–Kier alpha value is -3.59. The number of hydrogen-bond acceptors (Lipinski definition) is 5. The third-order valence-electron chi connectivity index (χ3n) is 5.07. The largest absolute Gasteiger partial charge is 0.494 e. The van der Waals surface area contributed by atoms with Gasteiger partial charge in [0.2, 0.25) is 0 Å². The van der Waals surface area contributed by atoms with Crippen molar-refractivity contribution in [3.8, 4) is 11.8 Å². The van der Waals surface area contributed by atoms with Gasteiger partial charge in [0.25, 0.3) is 5.91 Å². The molecule has 0 unspecified atom stereocenters. The van der Waals surface area contributed by atoms with E-state index in [0.717, 1.165) is 37.0 Å². The summed E-state index contributed by atoms with van der Waals surface area (Å²) in [6, 6.07) is 15.5. The van der Waals surface area contributed by atoms with Gasteiger partial charge in [-0.15, -0.1) is 0 Å². The van der Waals surface area contributed by atoms with Crippen LogP contribution in [0, 0.1) is 11.3 Å². The SMILES string of the molecule is CCOc1ccc(/C=C(\C#N)C(=O)Nc2ccc(C(=O)OC3CCCCC3)cc2)cc1. The number of esters is 1. The summed E-state index contributed by atoms with van der Waals surface area (Å²) in [7, 11) is 0. The Morgan fingerprint density at radius 1 is 1.06 bits per heavy atom. The minimum absolute atomic E-state index is 0.00782. The number of anilines is 1. The molecular weight excluding hydrogens is 392 g/mol. The van der Waals surface area contributed by atoms with Gasteiger partial charge in [-0.25, -0.2) is 4.79 Å². The predicted molar refractivity (Wildman–Crippen MR) is 119 cm³/mol. The van der Waals surface area contributed by atoms with E-state index in [1.54, 1.807) is 48.5 Å². The quantitative estimate of drug-likeness (QED) is 0.383. The molecule has 2 aromatic rings. The first-order valence-electron chi connectivity index (χ1n) is 10.6. The minimum Gasteiger partial charge on any atom is -0.494 e. The van der Waals surface area contributed by atoms with E-state index in [1.165, 1.54) is 12.5 Å². The van der Waals surface area contributed by atoms with Crippen molar-refractivity contribution in [1.29, 1.82) is 5.26 Å². The second kappa shape index (κ2) is 11.0. The molecule has 1 aliphatic carbocycles.